The lowest BCUT2D eigenvalue weighted by molar-refractivity contribution is 0.543. The normalized spacial score (nSPS) is 12.0. The van der Waals surface area contributed by atoms with Crippen LogP contribution in [0.15, 0.2) is 53.7 Å². The van der Waals surface area contributed by atoms with Crippen molar-refractivity contribution in [2.24, 2.45) is 0 Å². The molecule has 0 spiro atoms. The smallest absolute Gasteiger partial charge is 0.264 e. The molecule has 1 radical (unpaired) electrons. The van der Waals surface area contributed by atoms with Crippen LogP contribution in [0.4, 0.5) is 5.69 Å². The predicted octanol–water partition coefficient (Wildman–Crippen LogP) is 4.90. The van der Waals surface area contributed by atoms with E-state index in [9.17, 15) is 13.2 Å². The lowest BCUT2D eigenvalue weighted by Gasteiger charge is -2.27. The summed E-state index contributed by atoms with van der Waals surface area (Å²) in [5.41, 5.74) is 1.95. The van der Waals surface area contributed by atoms with E-state index >= 15 is 0 Å². The Kier molecular flexibility index (Phi) is 6.45. The summed E-state index contributed by atoms with van der Waals surface area (Å²) < 4.78 is 26.5. The molecule has 3 aromatic rings. The lowest BCUT2D eigenvalue weighted by atomic mass is 9.92. The van der Waals surface area contributed by atoms with E-state index in [1.165, 1.54) is 12.3 Å². The average molecular weight is 445 g/mol. The van der Waals surface area contributed by atoms with Crippen LogP contribution >= 0.6 is 11.6 Å². The van der Waals surface area contributed by atoms with Crippen molar-refractivity contribution in [2.45, 2.75) is 44.4 Å². The molecule has 0 saturated heterocycles. The number of amides is 1. The first kappa shape index (κ1) is 22.2. The summed E-state index contributed by atoms with van der Waals surface area (Å²) in [6.07, 6.45) is 4.85. The summed E-state index contributed by atoms with van der Waals surface area (Å²) in [7, 11) is -4.09. The largest absolute Gasteiger partial charge is 0.333 e. The van der Waals surface area contributed by atoms with Gasteiger partial charge in [-0.3, -0.25) is 9.78 Å². The SMILES string of the molecule is CC(C)c1cc(Cl)cc(C(C)C)c1N([C]=O)NS(=O)(=O)c1cccc2cnccc12. The minimum Gasteiger partial charge on any atom is -0.264 e. The van der Waals surface area contributed by atoms with Gasteiger partial charge in [0, 0.05) is 28.2 Å². The summed E-state index contributed by atoms with van der Waals surface area (Å²) in [4.78, 5) is 18.4. The van der Waals surface area contributed by atoms with Crippen molar-refractivity contribution < 1.29 is 13.2 Å². The first-order chi connectivity index (χ1) is 14.2. The Hall–Kier alpha value is -2.48. The van der Waals surface area contributed by atoms with Crippen LogP contribution in [0.2, 0.25) is 5.02 Å². The van der Waals surface area contributed by atoms with Crippen LogP contribution < -0.4 is 9.84 Å². The Labute approximate surface area is 181 Å². The molecule has 1 heterocycles. The van der Waals surface area contributed by atoms with Gasteiger partial charge in [0.25, 0.3) is 10.0 Å². The second kappa shape index (κ2) is 8.71. The molecule has 0 bridgehead atoms. The number of hydrogen-bond acceptors (Lipinski definition) is 4. The Morgan fingerprint density at radius 1 is 1.07 bits per heavy atom. The fourth-order valence-electron chi connectivity index (χ4n) is 3.39. The van der Waals surface area contributed by atoms with Gasteiger partial charge in [-0.2, -0.15) is 0 Å². The highest BCUT2D eigenvalue weighted by Gasteiger charge is 2.26. The number of benzene rings is 2. The van der Waals surface area contributed by atoms with E-state index in [1.807, 2.05) is 27.7 Å². The van der Waals surface area contributed by atoms with Crippen molar-refractivity contribution in [1.29, 1.82) is 0 Å². The Morgan fingerprint density at radius 3 is 2.27 bits per heavy atom. The molecule has 0 aliphatic rings. The Bertz CT molecular complexity index is 1160. The highest BCUT2D eigenvalue weighted by Crippen LogP contribution is 2.37. The fraction of sp³-hybridized carbons (Fsp3) is 0.273. The number of nitrogens with one attached hydrogen (secondary N) is 1. The fourth-order valence-corrected chi connectivity index (χ4v) is 4.82. The summed E-state index contributed by atoms with van der Waals surface area (Å²) in [5.74, 6) is 0.000341. The molecule has 0 saturated carbocycles. The lowest BCUT2D eigenvalue weighted by Crippen LogP contribution is -2.42. The molecule has 1 N–H and O–H groups in total. The summed E-state index contributed by atoms with van der Waals surface area (Å²) in [6, 6.07) is 10.0. The van der Waals surface area contributed by atoms with E-state index in [0.29, 0.717) is 21.5 Å². The number of nitrogens with zero attached hydrogens (tertiary/aromatic N) is 2. The van der Waals surface area contributed by atoms with Gasteiger partial charge in [0.1, 0.15) is 0 Å². The zero-order valence-electron chi connectivity index (χ0n) is 17.2. The molecule has 8 heteroatoms. The van der Waals surface area contributed by atoms with E-state index in [4.69, 9.17) is 11.6 Å². The topological polar surface area (TPSA) is 79.4 Å². The minimum atomic E-state index is -4.09. The molecule has 0 aliphatic carbocycles. The predicted molar refractivity (Wildman–Crippen MR) is 120 cm³/mol. The molecule has 0 aliphatic heterocycles. The number of rotatable bonds is 7. The number of anilines is 1. The van der Waals surface area contributed by atoms with Crippen LogP contribution in [0.5, 0.6) is 0 Å². The maximum Gasteiger partial charge on any atom is 0.333 e. The average Bonchev–Trinajstić information content (AvgIpc) is 2.71. The zero-order chi connectivity index (χ0) is 22.1. The van der Waals surface area contributed by atoms with Crippen molar-refractivity contribution in [1.82, 2.24) is 9.82 Å². The van der Waals surface area contributed by atoms with Gasteiger partial charge in [0.15, 0.2) is 0 Å². The Morgan fingerprint density at radius 2 is 1.70 bits per heavy atom. The minimum absolute atomic E-state index is 0.000170. The van der Waals surface area contributed by atoms with Crippen LogP contribution in [0.3, 0.4) is 0 Å². The third-order valence-corrected chi connectivity index (χ3v) is 6.41. The van der Waals surface area contributed by atoms with Gasteiger partial charge >= 0.3 is 6.41 Å². The first-order valence-electron chi connectivity index (χ1n) is 9.52. The van der Waals surface area contributed by atoms with Crippen molar-refractivity contribution in [3.63, 3.8) is 0 Å². The second-order valence-corrected chi connectivity index (χ2v) is 9.68. The molecule has 30 heavy (non-hydrogen) atoms. The van der Waals surface area contributed by atoms with Gasteiger partial charge in [-0.25, -0.2) is 13.4 Å². The molecule has 2 aromatic carbocycles. The number of sulfonamides is 1. The maximum atomic E-state index is 13.2. The van der Waals surface area contributed by atoms with Crippen molar-refractivity contribution in [3.05, 3.63) is 64.9 Å². The van der Waals surface area contributed by atoms with Crippen LogP contribution in [-0.4, -0.2) is 19.8 Å². The summed E-state index contributed by atoms with van der Waals surface area (Å²) in [5, 5.41) is 2.63. The van der Waals surface area contributed by atoms with Gasteiger partial charge in [0.2, 0.25) is 0 Å². The van der Waals surface area contributed by atoms with E-state index in [2.05, 4.69) is 9.82 Å². The molecule has 157 valence electrons. The van der Waals surface area contributed by atoms with Crippen molar-refractivity contribution in [2.75, 3.05) is 5.01 Å². The molecule has 0 fully saturated rings. The van der Waals surface area contributed by atoms with Crippen LogP contribution in [0.1, 0.15) is 50.7 Å². The molecule has 1 aromatic heterocycles. The van der Waals surface area contributed by atoms with Crippen molar-refractivity contribution in [3.8, 4) is 0 Å². The van der Waals surface area contributed by atoms with Gasteiger partial charge in [-0.1, -0.05) is 51.4 Å². The monoisotopic (exact) mass is 444 g/mol. The number of halogens is 1. The first-order valence-corrected chi connectivity index (χ1v) is 11.4. The molecule has 3 rings (SSSR count). The summed E-state index contributed by atoms with van der Waals surface area (Å²) >= 11 is 6.29. The number of aromatic nitrogens is 1. The van der Waals surface area contributed by atoms with E-state index < -0.39 is 10.0 Å². The second-order valence-electron chi connectivity index (χ2n) is 7.62. The molecule has 0 atom stereocenters. The van der Waals surface area contributed by atoms with Gasteiger partial charge in [-0.15, -0.1) is 4.83 Å². The third-order valence-electron chi connectivity index (χ3n) is 4.83. The molecule has 0 unspecified atom stereocenters. The number of carbonyl (C=O) groups excluding carboxylic acids is 1. The van der Waals surface area contributed by atoms with Gasteiger partial charge in [0.05, 0.1) is 10.6 Å². The van der Waals surface area contributed by atoms with Crippen LogP contribution in [0, 0.1) is 0 Å². The van der Waals surface area contributed by atoms with Gasteiger partial charge in [-0.05, 0) is 47.2 Å². The number of fused-ring (bicyclic) bond motifs is 1. The standard InChI is InChI=1S/C22H23ClN3O3S/c1-14(2)19-10-17(23)11-20(15(3)4)22(19)26(13-27)25-30(28,29)21-7-5-6-16-12-24-9-8-18(16)21/h5-12,14-15,25H,1-4H3. The maximum absolute atomic E-state index is 13.2. The highest BCUT2D eigenvalue weighted by molar-refractivity contribution is 7.89. The molecule has 1 amide bonds. The number of hydrogen-bond donors (Lipinski definition) is 1. The van der Waals surface area contributed by atoms with E-state index in [0.717, 1.165) is 16.1 Å². The van der Waals surface area contributed by atoms with Gasteiger partial charge < -0.3 is 0 Å². The highest BCUT2D eigenvalue weighted by atomic mass is 35.5. The molecular weight excluding hydrogens is 422 g/mol. The van der Waals surface area contributed by atoms with Crippen LogP contribution in [0.25, 0.3) is 10.8 Å². The summed E-state index contributed by atoms with van der Waals surface area (Å²) in [6.45, 7) is 7.81. The molecular formula is C22H23ClN3O3S. The van der Waals surface area contributed by atoms with E-state index in [-0.39, 0.29) is 16.7 Å². The quantitative estimate of drug-likeness (QED) is 0.415. The van der Waals surface area contributed by atoms with Crippen molar-refractivity contribution >= 4 is 44.5 Å². The number of pyridine rings is 1. The van der Waals surface area contributed by atoms with E-state index in [1.54, 1.807) is 42.9 Å². The van der Waals surface area contributed by atoms with Crippen LogP contribution in [-0.2, 0) is 14.8 Å². The molecule has 6 nitrogen and oxygen atoms in total. The zero-order valence-corrected chi connectivity index (χ0v) is 18.8. The Balaban J connectivity index is 2.15. The third kappa shape index (κ3) is 4.33. The number of hydrazine groups is 1.